The van der Waals surface area contributed by atoms with Gasteiger partial charge in [0.05, 0.1) is 23.7 Å². The molecule has 14 heteroatoms. The average molecular weight is 687 g/mol. The molecule has 1 saturated heterocycles. The van der Waals surface area contributed by atoms with Gasteiger partial charge in [-0.3, -0.25) is 24.0 Å². The van der Waals surface area contributed by atoms with E-state index in [4.69, 9.17) is 28.4 Å². The summed E-state index contributed by atoms with van der Waals surface area (Å²) < 4.78 is 35.8. The van der Waals surface area contributed by atoms with Crippen LogP contribution in [0.5, 0.6) is 0 Å². The van der Waals surface area contributed by atoms with Gasteiger partial charge in [0.15, 0.2) is 23.6 Å². The van der Waals surface area contributed by atoms with Crippen molar-refractivity contribution in [3.63, 3.8) is 0 Å². The monoisotopic (exact) mass is 686 g/mol. The first kappa shape index (κ1) is 36.1. The first-order chi connectivity index (χ1) is 22.8. The summed E-state index contributed by atoms with van der Waals surface area (Å²) in [6.07, 6.45) is -8.88. The molecule has 14 nitrogen and oxygen atoms in total. The molecule has 4 fully saturated rings. The van der Waals surface area contributed by atoms with Crippen molar-refractivity contribution in [2.75, 3.05) is 13.2 Å². The maximum Gasteiger partial charge on any atom is 0.338 e. The SMILES string of the molecule is C=C1[C@@H](O)C[C@H](OC(C)=O)[C@@]2(COC(=O)c3ccccc3)[C@@H](OC(C)=O)[C@H](OC(C)=O)[C@]3(O)C4(C)CO[C@]3(C)C(=O)C[C@H]4[C@@H](OC(C)=O)[C@H]12. The van der Waals surface area contributed by atoms with E-state index in [2.05, 4.69) is 6.58 Å². The highest BCUT2D eigenvalue weighted by molar-refractivity contribution is 5.91. The van der Waals surface area contributed by atoms with Crippen LogP contribution in [0.3, 0.4) is 0 Å². The minimum Gasteiger partial charge on any atom is -0.462 e. The zero-order chi connectivity index (χ0) is 36.3. The number of esters is 5. The number of aliphatic hydroxyl groups is 2. The lowest BCUT2D eigenvalue weighted by Gasteiger charge is -2.65. The Morgan fingerprint density at radius 3 is 2.04 bits per heavy atom. The molecule has 0 amide bonds. The third-order valence-electron chi connectivity index (χ3n) is 11.1. The maximum atomic E-state index is 14.1. The van der Waals surface area contributed by atoms with E-state index in [0.717, 1.165) is 27.7 Å². The van der Waals surface area contributed by atoms with Gasteiger partial charge in [-0.2, -0.15) is 0 Å². The molecule has 4 bridgehead atoms. The molecule has 3 aliphatic carbocycles. The second kappa shape index (κ2) is 12.6. The molecule has 0 spiro atoms. The third-order valence-corrected chi connectivity index (χ3v) is 11.1. The zero-order valence-electron chi connectivity index (χ0n) is 28.3. The van der Waals surface area contributed by atoms with Crippen molar-refractivity contribution in [3.05, 3.63) is 48.0 Å². The second-order valence-corrected chi connectivity index (χ2v) is 13.8. The van der Waals surface area contributed by atoms with Gasteiger partial charge in [0.25, 0.3) is 0 Å². The van der Waals surface area contributed by atoms with Crippen molar-refractivity contribution in [2.45, 2.75) is 96.1 Å². The Kier molecular flexibility index (Phi) is 9.32. The van der Waals surface area contributed by atoms with Crippen molar-refractivity contribution in [1.82, 2.24) is 0 Å². The predicted molar refractivity (Wildman–Crippen MR) is 165 cm³/mol. The van der Waals surface area contributed by atoms with E-state index in [1.54, 1.807) is 25.1 Å². The van der Waals surface area contributed by atoms with Gasteiger partial charge in [0.2, 0.25) is 0 Å². The Balaban J connectivity index is 1.91. The van der Waals surface area contributed by atoms with Crippen LogP contribution in [-0.2, 0) is 52.4 Å². The van der Waals surface area contributed by atoms with Crippen LogP contribution in [0, 0.1) is 22.7 Å². The Hall–Kier alpha value is -4.14. The molecule has 11 atom stereocenters. The van der Waals surface area contributed by atoms with Crippen molar-refractivity contribution in [1.29, 1.82) is 0 Å². The molecule has 1 aliphatic heterocycles. The number of fused-ring (bicyclic) bond motifs is 1. The fourth-order valence-electron chi connectivity index (χ4n) is 8.86. The van der Waals surface area contributed by atoms with Crippen molar-refractivity contribution in [2.24, 2.45) is 22.7 Å². The summed E-state index contributed by atoms with van der Waals surface area (Å²) in [5, 5.41) is 24.6. The van der Waals surface area contributed by atoms with Gasteiger partial charge < -0.3 is 38.6 Å². The minimum atomic E-state index is -2.48. The number of aliphatic hydroxyl groups excluding tert-OH is 1. The summed E-state index contributed by atoms with van der Waals surface area (Å²) in [7, 11) is 0. The van der Waals surface area contributed by atoms with Crippen LogP contribution in [-0.4, -0.2) is 101 Å². The standard InChI is InChI=1S/C35H42O14/c1-17-24(40)14-26(46-18(2)36)34(16-44-31(42)22-11-9-8-10-12-22)27(17)28(47-19(3)37)23-13-25(41)33(7)35(43,32(23,6)15-45-33)30(49-21(5)39)29(34)48-20(4)38/h8-12,23-24,26-30,40,43H,1,13-16H2,2-7H3/t23-,24-,26-,27-,28+,29-,30-,32?,33+,34+,35-/m0/s1. The number of hydrogen-bond acceptors (Lipinski definition) is 14. The first-order valence-corrected chi connectivity index (χ1v) is 16.0. The summed E-state index contributed by atoms with van der Waals surface area (Å²) >= 11 is 0. The van der Waals surface area contributed by atoms with Crippen molar-refractivity contribution in [3.8, 4) is 0 Å². The van der Waals surface area contributed by atoms with E-state index in [0.29, 0.717) is 0 Å². The lowest BCUT2D eigenvalue weighted by molar-refractivity contribution is -0.302. The Morgan fingerprint density at radius 1 is 0.898 bits per heavy atom. The van der Waals surface area contributed by atoms with Gasteiger partial charge in [-0.15, -0.1) is 0 Å². The Morgan fingerprint density at radius 2 is 1.47 bits per heavy atom. The summed E-state index contributed by atoms with van der Waals surface area (Å²) in [6, 6.07) is 7.88. The molecule has 1 aromatic carbocycles. The molecule has 49 heavy (non-hydrogen) atoms. The van der Waals surface area contributed by atoms with Crippen LogP contribution >= 0.6 is 0 Å². The van der Waals surface area contributed by atoms with E-state index in [-0.39, 0.29) is 30.6 Å². The molecule has 0 radical (unpaired) electrons. The van der Waals surface area contributed by atoms with Gasteiger partial charge in [0, 0.05) is 57.8 Å². The van der Waals surface area contributed by atoms with E-state index < -0.39 is 107 Å². The van der Waals surface area contributed by atoms with E-state index in [9.17, 15) is 39.0 Å². The highest BCUT2D eigenvalue weighted by Gasteiger charge is 2.83. The number of hydrogen-bond donors (Lipinski definition) is 2. The molecule has 0 aromatic heterocycles. The van der Waals surface area contributed by atoms with Crippen LogP contribution < -0.4 is 0 Å². The van der Waals surface area contributed by atoms with Crippen LogP contribution in [0.25, 0.3) is 0 Å². The maximum absolute atomic E-state index is 14.1. The minimum absolute atomic E-state index is 0.0119. The average Bonchev–Trinajstić information content (AvgIpc) is 3.16. The van der Waals surface area contributed by atoms with E-state index in [1.165, 1.54) is 19.1 Å². The van der Waals surface area contributed by atoms with Gasteiger partial charge in [-0.25, -0.2) is 4.79 Å². The highest BCUT2D eigenvalue weighted by atomic mass is 16.6. The molecule has 266 valence electrons. The van der Waals surface area contributed by atoms with Crippen LogP contribution in [0.2, 0.25) is 0 Å². The lowest BCUT2D eigenvalue weighted by Crippen LogP contribution is -2.81. The largest absolute Gasteiger partial charge is 0.462 e. The predicted octanol–water partition coefficient (Wildman–Crippen LogP) is 1.62. The molecule has 4 aliphatic rings. The van der Waals surface area contributed by atoms with Crippen molar-refractivity contribution >= 4 is 35.6 Å². The van der Waals surface area contributed by atoms with Gasteiger partial charge in [-0.05, 0) is 24.6 Å². The molecule has 1 heterocycles. The number of ether oxygens (including phenoxy) is 6. The lowest BCUT2D eigenvalue weighted by atomic mass is 9.43. The van der Waals surface area contributed by atoms with Crippen LogP contribution in [0.15, 0.2) is 42.5 Å². The molecule has 3 saturated carbocycles. The Bertz CT molecular complexity index is 1570. The molecular weight excluding hydrogens is 644 g/mol. The fraction of sp³-hybridized carbons (Fsp3) is 0.600. The normalized spacial score (nSPS) is 39.4. The number of benzene rings is 1. The molecule has 5 rings (SSSR count). The topological polar surface area (TPSA) is 198 Å². The number of rotatable bonds is 7. The summed E-state index contributed by atoms with van der Waals surface area (Å²) in [4.78, 5) is 79.4. The van der Waals surface area contributed by atoms with Gasteiger partial charge in [0.1, 0.15) is 24.4 Å². The summed E-state index contributed by atoms with van der Waals surface area (Å²) in [5.74, 6) is -7.53. The van der Waals surface area contributed by atoms with Gasteiger partial charge in [-0.1, -0.05) is 31.7 Å². The number of carbonyl (C=O) groups excluding carboxylic acids is 6. The number of ketones is 1. The van der Waals surface area contributed by atoms with E-state index >= 15 is 0 Å². The second-order valence-electron chi connectivity index (χ2n) is 13.8. The molecular formula is C35H42O14. The van der Waals surface area contributed by atoms with E-state index in [1.807, 2.05) is 0 Å². The first-order valence-electron chi connectivity index (χ1n) is 16.0. The fourth-order valence-corrected chi connectivity index (χ4v) is 8.86. The Labute approximate surface area is 283 Å². The third kappa shape index (κ3) is 5.44. The van der Waals surface area contributed by atoms with Crippen LogP contribution in [0.4, 0.5) is 0 Å². The highest BCUT2D eigenvalue weighted by Crippen LogP contribution is 2.67. The quantitative estimate of drug-likeness (QED) is 0.238. The zero-order valence-corrected chi connectivity index (χ0v) is 28.3. The van der Waals surface area contributed by atoms with Gasteiger partial charge >= 0.3 is 29.8 Å². The molecule has 1 unspecified atom stereocenters. The van der Waals surface area contributed by atoms with Crippen molar-refractivity contribution < 1.29 is 67.4 Å². The molecule has 2 N–H and O–H groups in total. The molecule has 1 aromatic rings. The summed E-state index contributed by atoms with van der Waals surface area (Å²) in [6.45, 7) is 10.4. The van der Waals surface area contributed by atoms with Crippen LogP contribution in [0.1, 0.15) is 64.7 Å². The summed E-state index contributed by atoms with van der Waals surface area (Å²) in [5.41, 5.74) is -8.00. The number of Topliss-reactive ketones (excluding diaryl/α,β-unsaturated/α-hetero) is 1. The number of carbonyl (C=O) groups is 6. The smallest absolute Gasteiger partial charge is 0.338 e.